The number of thiophene rings is 1. The van der Waals surface area contributed by atoms with E-state index in [1.165, 1.54) is 11.3 Å². The Kier molecular flexibility index (Phi) is 8.26. The molecule has 1 saturated heterocycles. The van der Waals surface area contributed by atoms with Gasteiger partial charge in [-0.15, -0.1) is 11.3 Å². The number of hydrogen-bond acceptors (Lipinski definition) is 6. The predicted molar refractivity (Wildman–Crippen MR) is 125 cm³/mol. The minimum absolute atomic E-state index is 0.0321. The van der Waals surface area contributed by atoms with Gasteiger partial charge in [0, 0.05) is 30.8 Å². The van der Waals surface area contributed by atoms with Crippen molar-refractivity contribution in [2.45, 2.75) is 38.7 Å². The van der Waals surface area contributed by atoms with Crippen molar-refractivity contribution < 1.29 is 19.1 Å². The monoisotopic (exact) mass is 455 g/mol. The molecule has 1 fully saturated rings. The molecule has 1 aliphatic heterocycles. The summed E-state index contributed by atoms with van der Waals surface area (Å²) in [5.74, 6) is -0.189. The number of hydrogen-bond donors (Lipinski definition) is 1. The molecule has 0 radical (unpaired) electrons. The highest BCUT2D eigenvalue weighted by Crippen LogP contribution is 2.38. The summed E-state index contributed by atoms with van der Waals surface area (Å²) in [4.78, 5) is 27.6. The van der Waals surface area contributed by atoms with Crippen molar-refractivity contribution >= 4 is 28.3 Å². The number of nitrogens with one attached hydrogen (secondary N) is 1. The number of nitriles is 1. The third-order valence-corrected chi connectivity index (χ3v) is 6.86. The van der Waals surface area contributed by atoms with Gasteiger partial charge in [0.15, 0.2) is 0 Å². The van der Waals surface area contributed by atoms with Gasteiger partial charge in [0.05, 0.1) is 18.8 Å². The van der Waals surface area contributed by atoms with Crippen LogP contribution in [0.15, 0.2) is 37.0 Å². The largest absolute Gasteiger partial charge is 0.446 e. The van der Waals surface area contributed by atoms with E-state index in [0.717, 1.165) is 16.0 Å². The summed E-state index contributed by atoms with van der Waals surface area (Å²) < 4.78 is 11.0. The molecule has 2 amide bonds. The van der Waals surface area contributed by atoms with Crippen LogP contribution in [0.4, 0.5) is 9.80 Å². The number of morpholine rings is 1. The summed E-state index contributed by atoms with van der Waals surface area (Å²) in [6.07, 6.45) is 6.89. The molecule has 1 N–H and O–H groups in total. The Morgan fingerprint density at radius 3 is 2.88 bits per heavy atom. The Labute approximate surface area is 193 Å². The van der Waals surface area contributed by atoms with E-state index in [4.69, 9.17) is 9.47 Å². The van der Waals surface area contributed by atoms with Crippen molar-refractivity contribution in [3.63, 3.8) is 0 Å². The number of nitrogens with zero attached hydrogens (tertiary/aromatic N) is 2. The van der Waals surface area contributed by atoms with E-state index in [1.54, 1.807) is 17.1 Å². The first kappa shape index (κ1) is 23.8. The first-order valence-electron chi connectivity index (χ1n) is 10.8. The molecule has 1 aromatic heterocycles. The average Bonchev–Trinajstić information content (AvgIpc) is 3.13. The third-order valence-electron chi connectivity index (χ3n) is 5.69. The Bertz CT molecular complexity index is 953. The van der Waals surface area contributed by atoms with Crippen molar-refractivity contribution in [3.05, 3.63) is 53.0 Å². The number of carbonyl (C=O) groups is 2. The summed E-state index contributed by atoms with van der Waals surface area (Å²) in [5.41, 5.74) is 2.32. The molecule has 2 unspecified atom stereocenters. The maximum atomic E-state index is 12.6. The van der Waals surface area contributed by atoms with Crippen molar-refractivity contribution in [1.82, 2.24) is 4.90 Å². The molecule has 1 aliphatic carbocycles. The minimum Gasteiger partial charge on any atom is -0.446 e. The molecule has 0 aromatic carbocycles. The van der Waals surface area contributed by atoms with E-state index in [1.807, 2.05) is 13.0 Å². The van der Waals surface area contributed by atoms with Crippen molar-refractivity contribution in [1.29, 1.82) is 5.26 Å². The molecule has 170 valence electrons. The summed E-state index contributed by atoms with van der Waals surface area (Å²) in [5, 5.41) is 13.2. The number of fused-ring (bicyclic) bond motifs is 1. The lowest BCUT2D eigenvalue weighted by atomic mass is 9.93. The Morgan fingerprint density at radius 2 is 2.19 bits per heavy atom. The fourth-order valence-corrected chi connectivity index (χ4v) is 5.05. The molecule has 1 aromatic rings. The van der Waals surface area contributed by atoms with E-state index < -0.39 is 0 Å². The first-order chi connectivity index (χ1) is 15.4. The molecular weight excluding hydrogens is 426 g/mol. The van der Waals surface area contributed by atoms with Gasteiger partial charge in [-0.25, -0.2) is 4.79 Å². The molecule has 2 atom stereocenters. The van der Waals surface area contributed by atoms with E-state index >= 15 is 0 Å². The zero-order chi connectivity index (χ0) is 23.1. The standard InChI is InChI=1S/C24H29N3O4S/c1-4-5-6-16(2)17(3)13-22(28)26-23-20(15-25)19-8-7-18(14-21(19)32-23)31-24(29)27-9-11-30-12-10-27/h4-6,17-18H,1-2,7-14H2,3H3,(H,26,28)/b6-5-. The SMILES string of the molecule is C=C/C=C\C(=C)C(C)CC(=O)Nc1sc2c(c1C#N)CCC(OC(=O)N1CCOCC1)C2. The second-order valence-corrected chi connectivity index (χ2v) is 9.10. The maximum Gasteiger partial charge on any atom is 0.410 e. The Morgan fingerprint density at radius 1 is 1.44 bits per heavy atom. The molecule has 2 aliphatic rings. The molecule has 8 heteroatoms. The van der Waals surface area contributed by atoms with Gasteiger partial charge < -0.3 is 19.7 Å². The van der Waals surface area contributed by atoms with Gasteiger partial charge in [0.1, 0.15) is 17.2 Å². The van der Waals surface area contributed by atoms with E-state index in [-0.39, 0.29) is 30.4 Å². The smallest absolute Gasteiger partial charge is 0.410 e. The van der Waals surface area contributed by atoms with Gasteiger partial charge in [0.25, 0.3) is 0 Å². The van der Waals surface area contributed by atoms with Crippen molar-refractivity contribution in [2.24, 2.45) is 5.92 Å². The highest BCUT2D eigenvalue weighted by molar-refractivity contribution is 7.16. The quantitative estimate of drug-likeness (QED) is 0.622. The van der Waals surface area contributed by atoms with Crippen LogP contribution in [0, 0.1) is 17.2 Å². The number of ether oxygens (including phenoxy) is 2. The number of rotatable bonds is 7. The van der Waals surface area contributed by atoms with E-state index in [9.17, 15) is 14.9 Å². The lowest BCUT2D eigenvalue weighted by Crippen LogP contribution is -2.42. The highest BCUT2D eigenvalue weighted by Gasteiger charge is 2.30. The second-order valence-electron chi connectivity index (χ2n) is 7.99. The molecule has 32 heavy (non-hydrogen) atoms. The zero-order valence-corrected chi connectivity index (χ0v) is 19.2. The predicted octanol–water partition coefficient (Wildman–Crippen LogP) is 4.21. The van der Waals surface area contributed by atoms with Gasteiger partial charge in [0.2, 0.25) is 5.91 Å². The lowest BCUT2D eigenvalue weighted by Gasteiger charge is -2.29. The molecule has 3 rings (SSSR count). The number of amides is 2. The Balaban J connectivity index is 1.62. The maximum absolute atomic E-state index is 12.6. The first-order valence-corrected chi connectivity index (χ1v) is 11.6. The fraction of sp³-hybridized carbons (Fsp3) is 0.458. The molecular formula is C24H29N3O4S. The highest BCUT2D eigenvalue weighted by atomic mass is 32.1. The summed E-state index contributed by atoms with van der Waals surface area (Å²) >= 11 is 1.40. The normalized spacial score (nSPS) is 19.0. The van der Waals surface area contributed by atoms with Gasteiger partial charge in [-0.05, 0) is 24.3 Å². The van der Waals surface area contributed by atoms with Gasteiger partial charge in [-0.3, -0.25) is 4.79 Å². The molecule has 7 nitrogen and oxygen atoms in total. The average molecular weight is 456 g/mol. The van der Waals surface area contributed by atoms with Crippen molar-refractivity contribution in [2.75, 3.05) is 31.6 Å². The third kappa shape index (κ3) is 5.87. The number of allylic oxidation sites excluding steroid dienone is 4. The molecule has 0 saturated carbocycles. The van der Waals surface area contributed by atoms with Gasteiger partial charge >= 0.3 is 6.09 Å². The zero-order valence-electron chi connectivity index (χ0n) is 18.4. The van der Waals surface area contributed by atoms with Crippen molar-refractivity contribution in [3.8, 4) is 6.07 Å². The number of carbonyl (C=O) groups excluding carboxylic acids is 2. The van der Waals surface area contributed by atoms with Crippen LogP contribution in [0.5, 0.6) is 0 Å². The van der Waals surface area contributed by atoms with Crippen LogP contribution in [0.3, 0.4) is 0 Å². The molecule has 0 spiro atoms. The van der Waals surface area contributed by atoms with Crippen LogP contribution in [-0.2, 0) is 27.1 Å². The van der Waals surface area contributed by atoms with Crippen LogP contribution < -0.4 is 5.32 Å². The summed E-state index contributed by atoms with van der Waals surface area (Å²) in [7, 11) is 0. The van der Waals surface area contributed by atoms with E-state index in [2.05, 4.69) is 24.5 Å². The van der Waals surface area contributed by atoms with Crippen LogP contribution in [0.2, 0.25) is 0 Å². The van der Waals surface area contributed by atoms with Crippen LogP contribution >= 0.6 is 11.3 Å². The summed E-state index contributed by atoms with van der Waals surface area (Å²) in [6.45, 7) is 11.7. The summed E-state index contributed by atoms with van der Waals surface area (Å²) in [6, 6.07) is 2.25. The number of anilines is 1. The fourth-order valence-electron chi connectivity index (χ4n) is 3.77. The van der Waals surface area contributed by atoms with Crippen LogP contribution in [0.25, 0.3) is 0 Å². The topological polar surface area (TPSA) is 91.7 Å². The Hall–Kier alpha value is -2.89. The van der Waals surface area contributed by atoms with Crippen LogP contribution in [0.1, 0.15) is 35.8 Å². The molecule has 2 heterocycles. The van der Waals surface area contributed by atoms with Gasteiger partial charge in [-0.1, -0.05) is 43.9 Å². The van der Waals surface area contributed by atoms with Crippen LogP contribution in [-0.4, -0.2) is 49.3 Å². The van der Waals surface area contributed by atoms with E-state index in [0.29, 0.717) is 56.1 Å². The second kappa shape index (κ2) is 11.1. The van der Waals surface area contributed by atoms with Gasteiger partial charge in [-0.2, -0.15) is 5.26 Å². The minimum atomic E-state index is -0.313. The lowest BCUT2D eigenvalue weighted by molar-refractivity contribution is -0.116. The molecule has 0 bridgehead atoms.